The molecule has 3 heterocycles. The summed E-state index contributed by atoms with van der Waals surface area (Å²) in [7, 11) is 0. The molecule has 0 spiro atoms. The van der Waals surface area contributed by atoms with Crippen molar-refractivity contribution in [1.29, 1.82) is 0 Å². The number of alkyl halides is 2. The average molecular weight is 335 g/mol. The van der Waals surface area contributed by atoms with Crippen molar-refractivity contribution < 1.29 is 13.6 Å². The topological polar surface area (TPSA) is 54.3 Å². The molecule has 0 atom stereocenters. The molecule has 24 heavy (non-hydrogen) atoms. The number of carbonyl (C=O) groups excluding carboxylic acids is 1. The molecular weight excluding hydrogens is 316 g/mol. The summed E-state index contributed by atoms with van der Waals surface area (Å²) in [6.07, 6.45) is 2.90. The SMILES string of the molecule is Cc1cccnc1CN1CCN(C(=O)c2ccn(C(F)F)n2)CC1. The lowest BCUT2D eigenvalue weighted by atomic mass is 10.2. The van der Waals surface area contributed by atoms with Gasteiger partial charge in [-0.2, -0.15) is 13.9 Å². The fourth-order valence-electron chi connectivity index (χ4n) is 2.73. The largest absolute Gasteiger partial charge is 0.335 e. The second-order valence-corrected chi connectivity index (χ2v) is 5.79. The van der Waals surface area contributed by atoms with Gasteiger partial charge in [0.05, 0.1) is 5.69 Å². The predicted molar refractivity (Wildman–Crippen MR) is 83.6 cm³/mol. The van der Waals surface area contributed by atoms with E-state index in [0.717, 1.165) is 37.1 Å². The van der Waals surface area contributed by atoms with Crippen molar-refractivity contribution in [3.8, 4) is 0 Å². The number of carbonyl (C=O) groups is 1. The van der Waals surface area contributed by atoms with Gasteiger partial charge in [-0.05, 0) is 24.6 Å². The maximum atomic E-state index is 12.5. The monoisotopic (exact) mass is 335 g/mol. The number of hydrogen-bond acceptors (Lipinski definition) is 4. The average Bonchev–Trinajstić information content (AvgIpc) is 3.07. The zero-order valence-electron chi connectivity index (χ0n) is 13.4. The van der Waals surface area contributed by atoms with E-state index in [2.05, 4.69) is 15.0 Å². The molecular formula is C16H19F2N5O. The van der Waals surface area contributed by atoms with Crippen molar-refractivity contribution in [3.05, 3.63) is 47.5 Å². The number of aromatic nitrogens is 3. The minimum atomic E-state index is -2.73. The third-order valence-corrected chi connectivity index (χ3v) is 4.18. The Balaban J connectivity index is 1.56. The second kappa shape index (κ2) is 7.04. The van der Waals surface area contributed by atoms with Crippen LogP contribution in [0.15, 0.2) is 30.6 Å². The van der Waals surface area contributed by atoms with Crippen molar-refractivity contribution in [2.24, 2.45) is 0 Å². The zero-order valence-corrected chi connectivity index (χ0v) is 13.4. The molecule has 6 nitrogen and oxygen atoms in total. The fourth-order valence-corrected chi connectivity index (χ4v) is 2.73. The van der Waals surface area contributed by atoms with E-state index in [4.69, 9.17) is 0 Å². The first kappa shape index (κ1) is 16.5. The summed E-state index contributed by atoms with van der Waals surface area (Å²) in [5.41, 5.74) is 2.24. The van der Waals surface area contributed by atoms with Gasteiger partial charge in [0.15, 0.2) is 5.69 Å². The highest BCUT2D eigenvalue weighted by molar-refractivity contribution is 5.92. The Morgan fingerprint density at radius 3 is 2.62 bits per heavy atom. The van der Waals surface area contributed by atoms with E-state index in [0.29, 0.717) is 17.8 Å². The van der Waals surface area contributed by atoms with E-state index in [1.165, 1.54) is 6.07 Å². The summed E-state index contributed by atoms with van der Waals surface area (Å²) in [4.78, 5) is 20.6. The number of nitrogens with zero attached hydrogens (tertiary/aromatic N) is 5. The number of piperazine rings is 1. The van der Waals surface area contributed by atoms with Gasteiger partial charge in [0.2, 0.25) is 0 Å². The minimum absolute atomic E-state index is 0.0596. The molecule has 0 aromatic carbocycles. The summed E-state index contributed by atoms with van der Waals surface area (Å²) in [6.45, 7) is 2.58. The maximum absolute atomic E-state index is 12.5. The third kappa shape index (κ3) is 3.59. The molecule has 1 fully saturated rings. The highest BCUT2D eigenvalue weighted by atomic mass is 19.3. The summed E-state index contributed by atoms with van der Waals surface area (Å²) in [5, 5.41) is 3.64. The smallest absolute Gasteiger partial charge is 0.333 e. The molecule has 3 rings (SSSR count). The van der Waals surface area contributed by atoms with Gasteiger partial charge in [0.1, 0.15) is 0 Å². The molecule has 1 saturated heterocycles. The van der Waals surface area contributed by atoms with Crippen LogP contribution in [0.4, 0.5) is 8.78 Å². The second-order valence-electron chi connectivity index (χ2n) is 5.79. The lowest BCUT2D eigenvalue weighted by molar-refractivity contribution is 0.0533. The maximum Gasteiger partial charge on any atom is 0.333 e. The number of amides is 1. The molecule has 0 aliphatic carbocycles. The van der Waals surface area contributed by atoms with Crippen LogP contribution in [0.25, 0.3) is 0 Å². The number of rotatable bonds is 4. The molecule has 1 amide bonds. The van der Waals surface area contributed by atoms with Gasteiger partial charge in [-0.25, -0.2) is 4.68 Å². The minimum Gasteiger partial charge on any atom is -0.335 e. The molecule has 0 radical (unpaired) electrons. The summed E-state index contributed by atoms with van der Waals surface area (Å²) >= 11 is 0. The van der Waals surface area contributed by atoms with Crippen LogP contribution in [0.5, 0.6) is 0 Å². The standard InChI is InChI=1S/C16H19F2N5O/c1-12-3-2-5-19-14(12)11-21-7-9-22(10-8-21)15(24)13-4-6-23(20-13)16(17)18/h2-6,16H,7-11H2,1H3. The molecule has 0 bridgehead atoms. The summed E-state index contributed by atoms with van der Waals surface area (Å²) < 4.78 is 25.6. The first-order valence-corrected chi connectivity index (χ1v) is 7.80. The van der Waals surface area contributed by atoms with Crippen LogP contribution in [-0.4, -0.2) is 56.7 Å². The molecule has 8 heteroatoms. The van der Waals surface area contributed by atoms with Crippen LogP contribution < -0.4 is 0 Å². The van der Waals surface area contributed by atoms with Crippen molar-refractivity contribution in [2.75, 3.05) is 26.2 Å². The van der Waals surface area contributed by atoms with Crippen LogP contribution >= 0.6 is 0 Å². The summed E-state index contributed by atoms with van der Waals surface area (Å²) in [6, 6.07) is 5.27. The van der Waals surface area contributed by atoms with Crippen LogP contribution in [0.1, 0.15) is 28.3 Å². The molecule has 1 aliphatic heterocycles. The molecule has 2 aromatic rings. The van der Waals surface area contributed by atoms with E-state index in [-0.39, 0.29) is 11.6 Å². The number of hydrogen-bond donors (Lipinski definition) is 0. The Bertz CT molecular complexity index is 710. The number of pyridine rings is 1. The van der Waals surface area contributed by atoms with Crippen LogP contribution in [0, 0.1) is 6.92 Å². The zero-order chi connectivity index (χ0) is 17.1. The lowest BCUT2D eigenvalue weighted by Gasteiger charge is -2.34. The highest BCUT2D eigenvalue weighted by Gasteiger charge is 2.24. The van der Waals surface area contributed by atoms with E-state index in [1.54, 1.807) is 11.1 Å². The molecule has 128 valence electrons. The quantitative estimate of drug-likeness (QED) is 0.857. The normalized spacial score (nSPS) is 15.9. The van der Waals surface area contributed by atoms with E-state index in [9.17, 15) is 13.6 Å². The van der Waals surface area contributed by atoms with Gasteiger partial charge < -0.3 is 4.90 Å². The Morgan fingerprint density at radius 1 is 1.25 bits per heavy atom. The van der Waals surface area contributed by atoms with Crippen LogP contribution in [0.3, 0.4) is 0 Å². The fraction of sp³-hybridized carbons (Fsp3) is 0.438. The van der Waals surface area contributed by atoms with Gasteiger partial charge in [-0.3, -0.25) is 14.7 Å². The van der Waals surface area contributed by atoms with Crippen molar-refractivity contribution in [1.82, 2.24) is 24.6 Å². The molecule has 1 aliphatic rings. The molecule has 0 unspecified atom stereocenters. The Labute approximate surface area is 138 Å². The van der Waals surface area contributed by atoms with E-state index in [1.807, 2.05) is 19.1 Å². The molecule has 2 aromatic heterocycles. The van der Waals surface area contributed by atoms with Crippen molar-refractivity contribution in [3.63, 3.8) is 0 Å². The number of halogens is 2. The van der Waals surface area contributed by atoms with Gasteiger partial charge in [-0.1, -0.05) is 6.07 Å². The molecule has 0 N–H and O–H groups in total. The molecule has 0 saturated carbocycles. The van der Waals surface area contributed by atoms with Gasteiger partial charge >= 0.3 is 6.55 Å². The van der Waals surface area contributed by atoms with Gasteiger partial charge in [0.25, 0.3) is 5.91 Å². The summed E-state index contributed by atoms with van der Waals surface area (Å²) in [5.74, 6) is -0.303. The van der Waals surface area contributed by atoms with E-state index >= 15 is 0 Å². The highest BCUT2D eigenvalue weighted by Crippen LogP contribution is 2.13. The first-order chi connectivity index (χ1) is 11.5. The Morgan fingerprint density at radius 2 is 2.00 bits per heavy atom. The van der Waals surface area contributed by atoms with Gasteiger partial charge in [-0.15, -0.1) is 0 Å². The van der Waals surface area contributed by atoms with Gasteiger partial charge in [0, 0.05) is 45.1 Å². The predicted octanol–water partition coefficient (Wildman–Crippen LogP) is 1.94. The van der Waals surface area contributed by atoms with E-state index < -0.39 is 6.55 Å². The third-order valence-electron chi connectivity index (χ3n) is 4.18. The lowest BCUT2D eigenvalue weighted by Crippen LogP contribution is -2.48. The van der Waals surface area contributed by atoms with Crippen LogP contribution in [0.2, 0.25) is 0 Å². The number of aryl methyl sites for hydroxylation is 1. The van der Waals surface area contributed by atoms with Crippen molar-refractivity contribution in [2.45, 2.75) is 20.0 Å². The Hall–Kier alpha value is -2.35. The first-order valence-electron chi connectivity index (χ1n) is 7.80. The van der Waals surface area contributed by atoms with Crippen molar-refractivity contribution >= 4 is 5.91 Å². The van der Waals surface area contributed by atoms with Crippen LogP contribution in [-0.2, 0) is 6.54 Å². The Kier molecular flexibility index (Phi) is 4.84.